The zero-order valence-electron chi connectivity index (χ0n) is 9.34. The fourth-order valence-corrected chi connectivity index (χ4v) is 2.38. The number of halogens is 1. The summed E-state index contributed by atoms with van der Waals surface area (Å²) in [6.07, 6.45) is 1.91. The topological polar surface area (TPSA) is 46.4 Å². The van der Waals surface area contributed by atoms with Gasteiger partial charge in [-0.3, -0.25) is 9.20 Å². The van der Waals surface area contributed by atoms with Gasteiger partial charge in [0, 0.05) is 13.2 Å². The van der Waals surface area contributed by atoms with E-state index in [2.05, 4.69) is 26.2 Å². The van der Waals surface area contributed by atoms with Crippen molar-refractivity contribution in [3.05, 3.63) is 33.7 Å². The zero-order valence-corrected chi connectivity index (χ0v) is 10.9. The minimum absolute atomic E-state index is 0.123. The molecular formula is C11H12BrN3O. The minimum Gasteiger partial charge on any atom is -0.354 e. The molecule has 0 spiro atoms. The summed E-state index contributed by atoms with van der Waals surface area (Å²) in [5.74, 6) is -0.123. The van der Waals surface area contributed by atoms with Crippen LogP contribution in [0.3, 0.4) is 0 Å². The molecule has 2 aromatic rings. The molecule has 0 aromatic carbocycles. The molecule has 2 aromatic heterocycles. The number of imidazole rings is 1. The highest BCUT2D eigenvalue weighted by atomic mass is 79.9. The van der Waals surface area contributed by atoms with Crippen LogP contribution in [0.15, 0.2) is 16.7 Å². The van der Waals surface area contributed by atoms with E-state index in [0.29, 0.717) is 5.69 Å². The highest BCUT2D eigenvalue weighted by molar-refractivity contribution is 9.10. The van der Waals surface area contributed by atoms with E-state index in [1.165, 1.54) is 0 Å². The first-order valence-corrected chi connectivity index (χ1v) is 5.70. The lowest BCUT2D eigenvalue weighted by atomic mass is 10.3. The SMILES string of the molecule is CNC(=O)c1c(C)nc2c(Br)cc(C)cn12. The highest BCUT2D eigenvalue weighted by Crippen LogP contribution is 2.22. The third-order valence-corrected chi connectivity index (χ3v) is 3.01. The predicted octanol–water partition coefficient (Wildman–Crippen LogP) is 2.07. The maximum Gasteiger partial charge on any atom is 0.269 e. The number of carbonyl (C=O) groups is 1. The molecule has 0 saturated heterocycles. The number of carbonyl (C=O) groups excluding carboxylic acids is 1. The van der Waals surface area contributed by atoms with Crippen molar-refractivity contribution in [1.82, 2.24) is 14.7 Å². The van der Waals surface area contributed by atoms with Crippen LogP contribution in [0.25, 0.3) is 5.65 Å². The quantitative estimate of drug-likeness (QED) is 0.870. The van der Waals surface area contributed by atoms with Gasteiger partial charge in [-0.25, -0.2) is 4.98 Å². The Morgan fingerprint density at radius 3 is 2.81 bits per heavy atom. The number of aromatic nitrogens is 2. The Hall–Kier alpha value is -1.36. The number of aryl methyl sites for hydroxylation is 2. The molecule has 0 unspecified atom stereocenters. The van der Waals surface area contributed by atoms with Crippen molar-refractivity contribution in [3.63, 3.8) is 0 Å². The summed E-state index contributed by atoms with van der Waals surface area (Å²) in [5.41, 5.74) is 3.15. The molecule has 1 N–H and O–H groups in total. The number of rotatable bonds is 1. The average molecular weight is 282 g/mol. The summed E-state index contributed by atoms with van der Waals surface area (Å²) in [6, 6.07) is 1.98. The van der Waals surface area contributed by atoms with Crippen LogP contribution >= 0.6 is 15.9 Å². The van der Waals surface area contributed by atoms with Crippen LogP contribution in [0.2, 0.25) is 0 Å². The molecule has 2 heterocycles. The third-order valence-electron chi connectivity index (χ3n) is 2.43. The average Bonchev–Trinajstić information content (AvgIpc) is 2.54. The van der Waals surface area contributed by atoms with Crippen LogP contribution in [-0.2, 0) is 0 Å². The molecule has 4 nitrogen and oxygen atoms in total. The van der Waals surface area contributed by atoms with Gasteiger partial charge < -0.3 is 5.32 Å². The molecule has 0 atom stereocenters. The van der Waals surface area contributed by atoms with Crippen LogP contribution < -0.4 is 5.32 Å². The van der Waals surface area contributed by atoms with Crippen molar-refractivity contribution in [2.24, 2.45) is 0 Å². The fourth-order valence-electron chi connectivity index (χ4n) is 1.74. The number of pyridine rings is 1. The molecule has 16 heavy (non-hydrogen) atoms. The van der Waals surface area contributed by atoms with Crippen molar-refractivity contribution in [2.45, 2.75) is 13.8 Å². The van der Waals surface area contributed by atoms with E-state index in [1.54, 1.807) is 7.05 Å². The second-order valence-corrected chi connectivity index (χ2v) is 4.54. The van der Waals surface area contributed by atoms with Gasteiger partial charge in [0.1, 0.15) is 5.69 Å². The van der Waals surface area contributed by atoms with Crippen molar-refractivity contribution >= 4 is 27.5 Å². The van der Waals surface area contributed by atoms with E-state index in [0.717, 1.165) is 21.4 Å². The highest BCUT2D eigenvalue weighted by Gasteiger charge is 2.16. The van der Waals surface area contributed by atoms with Crippen molar-refractivity contribution in [3.8, 4) is 0 Å². The molecule has 2 rings (SSSR count). The first-order chi connectivity index (χ1) is 7.54. The van der Waals surface area contributed by atoms with Crippen LogP contribution in [0.5, 0.6) is 0 Å². The maximum absolute atomic E-state index is 11.7. The molecule has 5 heteroatoms. The lowest BCUT2D eigenvalue weighted by Gasteiger charge is -2.03. The molecule has 0 radical (unpaired) electrons. The van der Waals surface area contributed by atoms with Gasteiger partial charge in [-0.15, -0.1) is 0 Å². The Bertz CT molecular complexity index is 574. The van der Waals surface area contributed by atoms with Crippen molar-refractivity contribution in [2.75, 3.05) is 7.05 Å². The van der Waals surface area contributed by atoms with E-state index in [-0.39, 0.29) is 5.91 Å². The van der Waals surface area contributed by atoms with Gasteiger partial charge in [-0.05, 0) is 41.4 Å². The van der Waals surface area contributed by atoms with Crippen molar-refractivity contribution < 1.29 is 4.79 Å². The smallest absolute Gasteiger partial charge is 0.269 e. The number of nitrogens with zero attached hydrogens (tertiary/aromatic N) is 2. The van der Waals surface area contributed by atoms with Gasteiger partial charge in [0.15, 0.2) is 5.65 Å². The molecule has 84 valence electrons. The monoisotopic (exact) mass is 281 g/mol. The van der Waals surface area contributed by atoms with Gasteiger partial charge in [0.25, 0.3) is 5.91 Å². The first-order valence-electron chi connectivity index (χ1n) is 4.91. The van der Waals surface area contributed by atoms with Gasteiger partial charge in [0.2, 0.25) is 0 Å². The number of fused-ring (bicyclic) bond motifs is 1. The summed E-state index contributed by atoms with van der Waals surface area (Å²) < 4.78 is 2.71. The molecular weight excluding hydrogens is 270 g/mol. The van der Waals surface area contributed by atoms with Crippen LogP contribution in [0.1, 0.15) is 21.7 Å². The maximum atomic E-state index is 11.7. The van der Waals surface area contributed by atoms with E-state index in [1.807, 2.05) is 30.5 Å². The molecule has 0 aliphatic heterocycles. The lowest BCUT2D eigenvalue weighted by molar-refractivity contribution is 0.0956. The Morgan fingerprint density at radius 2 is 2.19 bits per heavy atom. The Kier molecular flexibility index (Phi) is 2.71. The Morgan fingerprint density at radius 1 is 1.50 bits per heavy atom. The fraction of sp³-hybridized carbons (Fsp3) is 0.273. The van der Waals surface area contributed by atoms with Crippen LogP contribution in [0, 0.1) is 13.8 Å². The molecule has 0 aliphatic carbocycles. The second kappa shape index (κ2) is 3.90. The number of hydrogen-bond donors (Lipinski definition) is 1. The Balaban J connectivity index is 2.83. The summed E-state index contributed by atoms with van der Waals surface area (Å²) in [7, 11) is 1.62. The van der Waals surface area contributed by atoms with Crippen molar-refractivity contribution in [1.29, 1.82) is 0 Å². The molecule has 0 bridgehead atoms. The number of hydrogen-bond acceptors (Lipinski definition) is 2. The first kappa shape index (κ1) is 11.1. The molecule has 0 aliphatic rings. The molecule has 0 fully saturated rings. The summed E-state index contributed by atoms with van der Waals surface area (Å²) in [5, 5.41) is 2.62. The summed E-state index contributed by atoms with van der Waals surface area (Å²) in [4.78, 5) is 16.1. The standard InChI is InChI=1S/C11H12BrN3O/c1-6-4-8(12)10-14-7(2)9(11(16)13-3)15(10)5-6/h4-5H,1-3H3,(H,13,16). The third kappa shape index (κ3) is 1.61. The zero-order chi connectivity index (χ0) is 11.9. The number of amides is 1. The van der Waals surface area contributed by atoms with Crippen LogP contribution in [0.4, 0.5) is 0 Å². The normalized spacial score (nSPS) is 10.8. The molecule has 1 amide bonds. The van der Waals surface area contributed by atoms with E-state index < -0.39 is 0 Å². The largest absolute Gasteiger partial charge is 0.354 e. The Labute approximate surface area is 102 Å². The van der Waals surface area contributed by atoms with Gasteiger partial charge in [-0.2, -0.15) is 0 Å². The van der Waals surface area contributed by atoms with Gasteiger partial charge in [0.05, 0.1) is 10.2 Å². The van der Waals surface area contributed by atoms with E-state index in [4.69, 9.17) is 0 Å². The second-order valence-electron chi connectivity index (χ2n) is 3.68. The summed E-state index contributed by atoms with van der Waals surface area (Å²) >= 11 is 3.45. The van der Waals surface area contributed by atoms with Gasteiger partial charge >= 0.3 is 0 Å². The number of nitrogens with one attached hydrogen (secondary N) is 1. The lowest BCUT2D eigenvalue weighted by Crippen LogP contribution is -2.20. The van der Waals surface area contributed by atoms with E-state index >= 15 is 0 Å². The van der Waals surface area contributed by atoms with Crippen LogP contribution in [-0.4, -0.2) is 22.3 Å². The minimum atomic E-state index is -0.123. The summed E-state index contributed by atoms with van der Waals surface area (Å²) in [6.45, 7) is 3.81. The molecule has 0 saturated carbocycles. The van der Waals surface area contributed by atoms with E-state index in [9.17, 15) is 4.79 Å². The predicted molar refractivity (Wildman–Crippen MR) is 65.8 cm³/mol. The van der Waals surface area contributed by atoms with Gasteiger partial charge in [-0.1, -0.05) is 0 Å².